The van der Waals surface area contributed by atoms with Crippen molar-refractivity contribution >= 4 is 33.0 Å². The monoisotopic (exact) mass is 448 g/mol. The molecule has 3 rings (SSSR count). The van der Waals surface area contributed by atoms with Crippen LogP contribution in [-0.2, 0) is 10.0 Å². The van der Waals surface area contributed by atoms with Crippen molar-refractivity contribution in [3.8, 4) is 5.75 Å². The fourth-order valence-corrected chi connectivity index (χ4v) is 5.71. The minimum atomic E-state index is -4.44. The smallest absolute Gasteiger partial charge is 0.422 e. The Morgan fingerprint density at radius 2 is 1.76 bits per heavy atom. The predicted octanol–water partition coefficient (Wildman–Crippen LogP) is 4.12. The molecule has 11 heteroatoms. The van der Waals surface area contributed by atoms with Gasteiger partial charge in [-0.05, 0) is 48.6 Å². The molecule has 0 saturated carbocycles. The summed E-state index contributed by atoms with van der Waals surface area (Å²) in [5, 5.41) is 4.11. The normalized spacial score (nSPS) is 15.8. The largest absolute Gasteiger partial charge is 0.484 e. The van der Waals surface area contributed by atoms with E-state index in [9.17, 15) is 26.4 Å². The molecule has 2 heterocycles. The van der Waals surface area contributed by atoms with E-state index in [1.807, 2.05) is 0 Å². The third-order valence-corrected chi connectivity index (χ3v) is 7.27. The molecule has 1 amide bonds. The van der Waals surface area contributed by atoms with Crippen molar-refractivity contribution in [1.29, 1.82) is 0 Å². The zero-order valence-corrected chi connectivity index (χ0v) is 16.9. The highest BCUT2D eigenvalue weighted by atomic mass is 32.2. The van der Waals surface area contributed by atoms with Crippen molar-refractivity contribution in [2.24, 2.45) is 0 Å². The number of nitrogens with one attached hydrogen (secondary N) is 1. The number of hydrogen-bond acceptors (Lipinski definition) is 5. The van der Waals surface area contributed by atoms with Crippen LogP contribution in [0, 0.1) is 0 Å². The lowest BCUT2D eigenvalue weighted by Gasteiger charge is -2.25. The van der Waals surface area contributed by atoms with Crippen molar-refractivity contribution in [3.63, 3.8) is 0 Å². The maximum Gasteiger partial charge on any atom is 0.422 e. The molecule has 29 heavy (non-hydrogen) atoms. The molecule has 1 aromatic heterocycles. The summed E-state index contributed by atoms with van der Waals surface area (Å²) in [6.45, 7) is -0.553. The first-order valence-corrected chi connectivity index (χ1v) is 11.2. The standard InChI is InChI=1S/C18H19F3N2O4S2/c19-18(20,21)12-27-14-6-4-13(5-7-14)22-17(24)16-15(8-11-28-16)29(25,26)23-9-2-1-3-10-23/h4-8,11H,1-3,9-10,12H2,(H,22,24). The van der Waals surface area contributed by atoms with Gasteiger partial charge in [0.25, 0.3) is 5.91 Å². The molecule has 1 aliphatic rings. The number of piperidine rings is 1. The first-order chi connectivity index (χ1) is 13.7. The van der Waals surface area contributed by atoms with Crippen molar-refractivity contribution < 1.29 is 31.1 Å². The van der Waals surface area contributed by atoms with Gasteiger partial charge in [0.1, 0.15) is 15.5 Å². The van der Waals surface area contributed by atoms with E-state index < -0.39 is 28.7 Å². The fraction of sp³-hybridized carbons (Fsp3) is 0.389. The topological polar surface area (TPSA) is 75.7 Å². The summed E-state index contributed by atoms with van der Waals surface area (Å²) >= 11 is 1.01. The Labute approximate surface area is 170 Å². The van der Waals surface area contributed by atoms with Crippen molar-refractivity contribution in [2.45, 2.75) is 30.3 Å². The van der Waals surface area contributed by atoms with Gasteiger partial charge in [-0.15, -0.1) is 11.3 Å². The molecule has 1 N–H and O–H groups in total. The SMILES string of the molecule is O=C(Nc1ccc(OCC(F)(F)F)cc1)c1sccc1S(=O)(=O)N1CCCCC1. The molecular formula is C18H19F3N2O4S2. The van der Waals surface area contributed by atoms with E-state index in [-0.39, 0.29) is 15.5 Å². The number of sulfonamides is 1. The van der Waals surface area contributed by atoms with Gasteiger partial charge in [0.2, 0.25) is 10.0 Å². The summed E-state index contributed by atoms with van der Waals surface area (Å²) in [6.07, 6.45) is -1.89. The number of alkyl halides is 3. The number of anilines is 1. The van der Waals surface area contributed by atoms with Crippen molar-refractivity contribution in [3.05, 3.63) is 40.6 Å². The molecular weight excluding hydrogens is 429 g/mol. The maximum atomic E-state index is 12.9. The number of amides is 1. The van der Waals surface area contributed by atoms with Gasteiger partial charge in [0.05, 0.1) is 0 Å². The Bertz CT molecular complexity index is 950. The molecule has 1 fully saturated rings. The summed E-state index contributed by atoms with van der Waals surface area (Å²) in [5.74, 6) is -0.593. The van der Waals surface area contributed by atoms with Crippen molar-refractivity contribution in [2.75, 3.05) is 25.0 Å². The lowest BCUT2D eigenvalue weighted by molar-refractivity contribution is -0.153. The third-order valence-electron chi connectivity index (χ3n) is 4.28. The molecule has 1 aliphatic heterocycles. The molecule has 0 bridgehead atoms. The van der Waals surface area contributed by atoms with E-state index >= 15 is 0 Å². The van der Waals surface area contributed by atoms with Crippen LogP contribution in [0.25, 0.3) is 0 Å². The number of nitrogens with zero attached hydrogens (tertiary/aromatic N) is 1. The molecule has 6 nitrogen and oxygen atoms in total. The minimum absolute atomic E-state index is 0.00446. The van der Waals surface area contributed by atoms with Crippen LogP contribution in [0.15, 0.2) is 40.6 Å². The molecule has 0 unspecified atom stereocenters. The molecule has 1 saturated heterocycles. The number of hydrogen-bond donors (Lipinski definition) is 1. The summed E-state index contributed by atoms with van der Waals surface area (Å²) < 4.78 is 68.3. The van der Waals surface area contributed by atoms with Crippen LogP contribution in [0.1, 0.15) is 28.9 Å². The van der Waals surface area contributed by atoms with Crippen LogP contribution in [-0.4, -0.2) is 44.5 Å². The molecule has 0 spiro atoms. The highest BCUT2D eigenvalue weighted by Gasteiger charge is 2.31. The zero-order chi connectivity index (χ0) is 21.1. The van der Waals surface area contributed by atoms with Crippen LogP contribution < -0.4 is 10.1 Å². The number of halogens is 3. The highest BCUT2D eigenvalue weighted by molar-refractivity contribution is 7.89. The second-order valence-corrected chi connectivity index (χ2v) is 9.28. The van der Waals surface area contributed by atoms with Gasteiger partial charge in [0.15, 0.2) is 6.61 Å². The van der Waals surface area contributed by atoms with E-state index in [0.717, 1.165) is 30.6 Å². The van der Waals surface area contributed by atoms with Gasteiger partial charge >= 0.3 is 6.18 Å². The van der Waals surface area contributed by atoms with Gasteiger partial charge < -0.3 is 10.1 Å². The molecule has 1 aromatic carbocycles. The quantitative estimate of drug-likeness (QED) is 0.722. The Morgan fingerprint density at radius 1 is 1.10 bits per heavy atom. The lowest BCUT2D eigenvalue weighted by Crippen LogP contribution is -2.36. The van der Waals surface area contributed by atoms with Gasteiger partial charge in [-0.2, -0.15) is 17.5 Å². The lowest BCUT2D eigenvalue weighted by atomic mass is 10.2. The van der Waals surface area contributed by atoms with E-state index in [4.69, 9.17) is 0 Å². The minimum Gasteiger partial charge on any atom is -0.484 e. The van der Waals surface area contributed by atoms with Gasteiger partial charge in [-0.3, -0.25) is 4.79 Å². The van der Waals surface area contributed by atoms with Crippen LogP contribution in [0.2, 0.25) is 0 Å². The summed E-state index contributed by atoms with van der Waals surface area (Å²) in [7, 11) is -3.76. The van der Waals surface area contributed by atoms with Crippen LogP contribution in [0.3, 0.4) is 0 Å². The number of carbonyl (C=O) groups excluding carboxylic acids is 1. The average molecular weight is 448 g/mol. The average Bonchev–Trinajstić information content (AvgIpc) is 3.18. The second kappa shape index (κ2) is 8.72. The van der Waals surface area contributed by atoms with E-state index in [1.165, 1.54) is 34.6 Å². The highest BCUT2D eigenvalue weighted by Crippen LogP contribution is 2.28. The molecule has 2 aromatic rings. The second-order valence-electron chi connectivity index (χ2n) is 6.46. The first kappa shape index (κ1) is 21.6. The number of ether oxygens (including phenoxy) is 1. The summed E-state index contributed by atoms with van der Waals surface area (Å²) in [6, 6.07) is 6.77. The van der Waals surface area contributed by atoms with Crippen LogP contribution in [0.5, 0.6) is 5.75 Å². The fourth-order valence-electron chi connectivity index (χ4n) is 2.90. The van der Waals surface area contributed by atoms with Crippen LogP contribution >= 0.6 is 11.3 Å². The van der Waals surface area contributed by atoms with Gasteiger partial charge in [-0.1, -0.05) is 6.42 Å². The third kappa shape index (κ3) is 5.49. The summed E-state index contributed by atoms with van der Waals surface area (Å²) in [5.41, 5.74) is 0.309. The van der Waals surface area contributed by atoms with Crippen molar-refractivity contribution in [1.82, 2.24) is 4.31 Å². The Balaban J connectivity index is 1.70. The number of benzene rings is 1. The zero-order valence-electron chi connectivity index (χ0n) is 15.2. The number of carbonyl (C=O) groups is 1. The molecule has 0 radical (unpaired) electrons. The Kier molecular flexibility index (Phi) is 6.49. The molecule has 0 aliphatic carbocycles. The first-order valence-electron chi connectivity index (χ1n) is 8.85. The maximum absolute atomic E-state index is 12.9. The Hall–Kier alpha value is -2.11. The number of rotatable bonds is 6. The number of thiophene rings is 1. The Morgan fingerprint density at radius 3 is 2.38 bits per heavy atom. The van der Waals surface area contributed by atoms with E-state index in [1.54, 1.807) is 5.38 Å². The molecule has 0 atom stereocenters. The van der Waals surface area contributed by atoms with Crippen LogP contribution in [0.4, 0.5) is 18.9 Å². The predicted molar refractivity (Wildman–Crippen MR) is 103 cm³/mol. The summed E-state index contributed by atoms with van der Waals surface area (Å²) in [4.78, 5) is 12.6. The van der Waals surface area contributed by atoms with E-state index in [0.29, 0.717) is 18.8 Å². The van der Waals surface area contributed by atoms with Gasteiger partial charge in [-0.25, -0.2) is 8.42 Å². The molecule has 158 valence electrons. The van der Waals surface area contributed by atoms with E-state index in [2.05, 4.69) is 10.1 Å². The van der Waals surface area contributed by atoms with Gasteiger partial charge in [0, 0.05) is 18.8 Å².